The molecular formula is C16H15ClO5. The van der Waals surface area contributed by atoms with Gasteiger partial charge < -0.3 is 9.84 Å². The van der Waals surface area contributed by atoms with Crippen molar-refractivity contribution in [1.82, 2.24) is 0 Å². The molecule has 0 radical (unpaired) electrons. The van der Waals surface area contributed by atoms with Crippen LogP contribution in [0.25, 0.3) is 0 Å². The number of carboxylic acid groups (broad SMARTS) is 1. The molecule has 22 heavy (non-hydrogen) atoms. The van der Waals surface area contributed by atoms with Crippen LogP contribution in [0.1, 0.15) is 24.8 Å². The van der Waals surface area contributed by atoms with Crippen molar-refractivity contribution in [2.24, 2.45) is 0 Å². The number of allylic oxidation sites excluding steroid dienone is 1. The van der Waals surface area contributed by atoms with Crippen molar-refractivity contribution < 1.29 is 24.2 Å². The fraction of sp³-hybridized carbons (Fsp3) is 0.312. The van der Waals surface area contributed by atoms with Gasteiger partial charge in [-0.15, -0.1) is 0 Å². The summed E-state index contributed by atoms with van der Waals surface area (Å²) in [5.41, 5.74) is 1.66. The van der Waals surface area contributed by atoms with E-state index in [2.05, 4.69) is 0 Å². The van der Waals surface area contributed by atoms with E-state index in [9.17, 15) is 14.4 Å². The van der Waals surface area contributed by atoms with E-state index in [0.29, 0.717) is 16.9 Å². The second-order valence-electron chi connectivity index (χ2n) is 5.03. The van der Waals surface area contributed by atoms with Crippen LogP contribution in [0.5, 0.6) is 0 Å². The molecular weight excluding hydrogens is 308 g/mol. The summed E-state index contributed by atoms with van der Waals surface area (Å²) < 4.78 is 5.55. The predicted molar refractivity (Wildman–Crippen MR) is 79.6 cm³/mol. The number of rotatable bonds is 7. The molecule has 0 bridgehead atoms. The van der Waals surface area contributed by atoms with Gasteiger partial charge >= 0.3 is 5.97 Å². The second-order valence-corrected chi connectivity index (χ2v) is 5.47. The Bertz CT molecular complexity index is 618. The summed E-state index contributed by atoms with van der Waals surface area (Å²) in [5, 5.41) is 9.30. The molecule has 2 rings (SSSR count). The summed E-state index contributed by atoms with van der Waals surface area (Å²) >= 11 is 5.79. The lowest BCUT2D eigenvalue weighted by molar-refractivity contribution is -0.137. The van der Waals surface area contributed by atoms with Gasteiger partial charge in [0.2, 0.25) is 0 Å². The molecule has 1 aromatic rings. The molecule has 0 aliphatic heterocycles. The Labute approximate surface area is 132 Å². The zero-order valence-corrected chi connectivity index (χ0v) is 12.5. The number of Topliss-reactive ketones (excluding diaryl/α,β-unsaturated/α-hetero) is 1. The summed E-state index contributed by atoms with van der Waals surface area (Å²) in [6.45, 7) is 0.178. The molecule has 1 aliphatic rings. The summed E-state index contributed by atoms with van der Waals surface area (Å²) in [6.07, 6.45) is -0.155. The normalized spacial score (nSPS) is 17.9. The van der Waals surface area contributed by atoms with Gasteiger partial charge in [-0.2, -0.15) is 0 Å². The summed E-state index contributed by atoms with van der Waals surface area (Å²) in [7, 11) is 0. The summed E-state index contributed by atoms with van der Waals surface area (Å²) in [5.74, 6) is -1.17. The Kier molecular flexibility index (Phi) is 5.46. The molecule has 0 amide bonds. The van der Waals surface area contributed by atoms with Crippen LogP contribution >= 0.6 is 11.6 Å². The lowest BCUT2D eigenvalue weighted by Crippen LogP contribution is -2.22. The van der Waals surface area contributed by atoms with E-state index in [1.54, 1.807) is 24.3 Å². The Morgan fingerprint density at radius 3 is 2.64 bits per heavy atom. The number of aldehydes is 1. The third-order valence-corrected chi connectivity index (χ3v) is 3.72. The number of carbonyl (C=O) groups is 3. The van der Waals surface area contributed by atoms with Crippen LogP contribution in [0.3, 0.4) is 0 Å². The van der Waals surface area contributed by atoms with Gasteiger partial charge in [0.25, 0.3) is 0 Å². The Balaban J connectivity index is 2.05. The van der Waals surface area contributed by atoms with Gasteiger partial charge in [-0.1, -0.05) is 29.3 Å². The number of carboxylic acids is 1. The smallest absolute Gasteiger partial charge is 0.303 e. The Morgan fingerprint density at radius 2 is 2.05 bits per heavy atom. The molecule has 1 aliphatic carbocycles. The maximum absolute atomic E-state index is 12.0. The number of halogens is 1. The van der Waals surface area contributed by atoms with Crippen molar-refractivity contribution in [3.8, 4) is 0 Å². The van der Waals surface area contributed by atoms with E-state index >= 15 is 0 Å². The highest BCUT2D eigenvalue weighted by Gasteiger charge is 2.33. The molecule has 0 heterocycles. The van der Waals surface area contributed by atoms with Crippen molar-refractivity contribution >= 4 is 29.6 Å². The quantitative estimate of drug-likeness (QED) is 0.780. The standard InChI is InChI=1S/C16H15ClO5/c17-12-4-1-10(2-5-12)9-22-16-13(8-18)11(7-14(16)19)3-6-15(20)21/h1-2,4-5,8,16H,3,6-7,9H2,(H,20,21). The summed E-state index contributed by atoms with van der Waals surface area (Å²) in [4.78, 5) is 33.8. The number of ketones is 1. The van der Waals surface area contributed by atoms with Gasteiger partial charge in [0.05, 0.1) is 6.61 Å². The second kappa shape index (κ2) is 7.33. The third kappa shape index (κ3) is 4.02. The molecule has 0 fully saturated rings. The maximum atomic E-state index is 12.0. The van der Waals surface area contributed by atoms with Crippen molar-refractivity contribution in [1.29, 1.82) is 0 Å². The lowest BCUT2D eigenvalue weighted by atomic mass is 10.1. The largest absolute Gasteiger partial charge is 0.481 e. The number of benzene rings is 1. The van der Waals surface area contributed by atoms with Crippen LogP contribution in [0.15, 0.2) is 35.4 Å². The molecule has 6 heteroatoms. The molecule has 0 saturated carbocycles. The first-order valence-electron chi connectivity index (χ1n) is 6.79. The topological polar surface area (TPSA) is 80.7 Å². The number of ether oxygens (including phenoxy) is 1. The van der Waals surface area contributed by atoms with Crippen LogP contribution in [0.4, 0.5) is 0 Å². The van der Waals surface area contributed by atoms with Crippen LogP contribution < -0.4 is 0 Å². The maximum Gasteiger partial charge on any atom is 0.303 e. The zero-order chi connectivity index (χ0) is 16.1. The first kappa shape index (κ1) is 16.4. The molecule has 0 spiro atoms. The van der Waals surface area contributed by atoms with Crippen LogP contribution in [0.2, 0.25) is 5.02 Å². The highest BCUT2D eigenvalue weighted by molar-refractivity contribution is 6.30. The third-order valence-electron chi connectivity index (χ3n) is 3.47. The predicted octanol–water partition coefficient (Wildman–Crippen LogP) is 2.56. The fourth-order valence-corrected chi connectivity index (χ4v) is 2.47. The summed E-state index contributed by atoms with van der Waals surface area (Å²) in [6, 6.07) is 6.98. The van der Waals surface area contributed by atoms with Crippen molar-refractivity contribution in [3.63, 3.8) is 0 Å². The number of hydrogen-bond acceptors (Lipinski definition) is 4. The first-order chi connectivity index (χ1) is 10.5. The van der Waals surface area contributed by atoms with Gasteiger partial charge in [-0.25, -0.2) is 0 Å². The zero-order valence-electron chi connectivity index (χ0n) is 11.8. The van der Waals surface area contributed by atoms with Crippen molar-refractivity contribution in [3.05, 3.63) is 46.0 Å². The van der Waals surface area contributed by atoms with Gasteiger partial charge in [0.1, 0.15) is 12.4 Å². The fourth-order valence-electron chi connectivity index (χ4n) is 2.34. The van der Waals surface area contributed by atoms with E-state index in [1.807, 2.05) is 0 Å². The molecule has 1 unspecified atom stereocenters. The molecule has 116 valence electrons. The van der Waals surface area contributed by atoms with E-state index in [-0.39, 0.29) is 37.2 Å². The minimum Gasteiger partial charge on any atom is -0.481 e. The Morgan fingerprint density at radius 1 is 1.36 bits per heavy atom. The van der Waals surface area contributed by atoms with E-state index in [4.69, 9.17) is 21.4 Å². The van der Waals surface area contributed by atoms with E-state index in [1.165, 1.54) is 0 Å². The molecule has 0 aromatic heterocycles. The van der Waals surface area contributed by atoms with Crippen molar-refractivity contribution in [2.75, 3.05) is 0 Å². The lowest BCUT2D eigenvalue weighted by Gasteiger charge is -2.12. The minimum atomic E-state index is -0.962. The first-order valence-corrected chi connectivity index (χ1v) is 7.16. The minimum absolute atomic E-state index is 0.0760. The molecule has 1 N–H and O–H groups in total. The number of aliphatic carboxylic acids is 1. The molecule has 1 atom stereocenters. The van der Waals surface area contributed by atoms with Gasteiger partial charge in [0, 0.05) is 23.4 Å². The number of hydrogen-bond donors (Lipinski definition) is 1. The van der Waals surface area contributed by atoms with Crippen molar-refractivity contribution in [2.45, 2.75) is 32.0 Å². The number of carbonyl (C=O) groups excluding carboxylic acids is 2. The molecule has 1 aromatic carbocycles. The molecule has 0 saturated heterocycles. The van der Waals surface area contributed by atoms with Gasteiger partial charge in [-0.3, -0.25) is 14.4 Å². The van der Waals surface area contributed by atoms with Crippen LogP contribution in [-0.2, 0) is 25.7 Å². The average molecular weight is 323 g/mol. The van der Waals surface area contributed by atoms with E-state index in [0.717, 1.165) is 5.56 Å². The van der Waals surface area contributed by atoms with Gasteiger partial charge in [-0.05, 0) is 24.1 Å². The molecule has 5 nitrogen and oxygen atoms in total. The monoisotopic (exact) mass is 322 g/mol. The highest BCUT2D eigenvalue weighted by Crippen LogP contribution is 2.29. The SMILES string of the molecule is O=CC1=C(CCC(=O)O)CC(=O)C1OCc1ccc(Cl)cc1. The van der Waals surface area contributed by atoms with E-state index < -0.39 is 12.1 Å². The Hall–Kier alpha value is -1.98. The average Bonchev–Trinajstić information content (AvgIpc) is 2.79. The van der Waals surface area contributed by atoms with Gasteiger partial charge in [0.15, 0.2) is 5.78 Å². The highest BCUT2D eigenvalue weighted by atomic mass is 35.5. The van der Waals surface area contributed by atoms with Crippen LogP contribution in [-0.4, -0.2) is 29.2 Å². The van der Waals surface area contributed by atoms with Crippen LogP contribution in [0, 0.1) is 0 Å².